The van der Waals surface area contributed by atoms with Gasteiger partial charge < -0.3 is 10.1 Å². The molecule has 35 heavy (non-hydrogen) atoms. The molecule has 6 heteroatoms. The number of fused-ring (bicyclic) bond motifs is 1. The van der Waals surface area contributed by atoms with Gasteiger partial charge in [0, 0.05) is 28.2 Å². The number of methoxy groups -OCH3 is 1. The van der Waals surface area contributed by atoms with Crippen molar-refractivity contribution in [2.75, 3.05) is 7.11 Å². The van der Waals surface area contributed by atoms with Crippen LogP contribution in [0.2, 0.25) is 5.02 Å². The van der Waals surface area contributed by atoms with Crippen LogP contribution in [0.25, 0.3) is 10.9 Å². The average Bonchev–Trinajstić information content (AvgIpc) is 3.13. The zero-order valence-electron chi connectivity index (χ0n) is 20.4. The minimum Gasteiger partial charge on any atom is -0.497 e. The van der Waals surface area contributed by atoms with Gasteiger partial charge in [0.25, 0.3) is 5.91 Å². The number of halogens is 1. The van der Waals surface area contributed by atoms with E-state index in [1.165, 1.54) is 5.56 Å². The maximum atomic E-state index is 13.4. The minimum absolute atomic E-state index is 0.109. The number of hydrogen-bond donors (Lipinski definition) is 1. The lowest BCUT2D eigenvalue weighted by atomic mass is 10.0. The van der Waals surface area contributed by atoms with Gasteiger partial charge >= 0.3 is 0 Å². The quantitative estimate of drug-likeness (QED) is 0.333. The summed E-state index contributed by atoms with van der Waals surface area (Å²) >= 11 is 6.00. The summed E-state index contributed by atoms with van der Waals surface area (Å²) in [5.41, 5.74) is 5.09. The van der Waals surface area contributed by atoms with Gasteiger partial charge in [0.2, 0.25) is 5.91 Å². The van der Waals surface area contributed by atoms with Crippen molar-refractivity contribution in [3.05, 3.63) is 99.7 Å². The summed E-state index contributed by atoms with van der Waals surface area (Å²) in [7, 11) is 1.60. The van der Waals surface area contributed by atoms with Gasteiger partial charge in [-0.1, -0.05) is 49.7 Å². The molecule has 0 aliphatic rings. The lowest BCUT2D eigenvalue weighted by Gasteiger charge is -2.09. The van der Waals surface area contributed by atoms with Crippen LogP contribution < -0.4 is 10.1 Å². The molecule has 0 spiro atoms. The van der Waals surface area contributed by atoms with Crippen LogP contribution in [-0.4, -0.2) is 23.5 Å². The first kappa shape index (κ1) is 24.6. The Labute approximate surface area is 210 Å². The minimum atomic E-state index is -0.175. The van der Waals surface area contributed by atoms with Crippen molar-refractivity contribution >= 4 is 34.3 Å². The Morgan fingerprint density at radius 1 is 1.00 bits per heavy atom. The van der Waals surface area contributed by atoms with Gasteiger partial charge in [0.1, 0.15) is 5.75 Å². The highest BCUT2D eigenvalue weighted by Crippen LogP contribution is 2.31. The monoisotopic (exact) mass is 488 g/mol. The first-order valence-electron chi connectivity index (χ1n) is 11.6. The molecule has 0 aliphatic carbocycles. The second-order valence-corrected chi connectivity index (χ2v) is 9.38. The zero-order chi connectivity index (χ0) is 25.1. The smallest absolute Gasteiger partial charge is 0.262 e. The van der Waals surface area contributed by atoms with Crippen molar-refractivity contribution in [1.82, 2.24) is 9.88 Å². The number of amides is 1. The summed E-state index contributed by atoms with van der Waals surface area (Å²) in [6, 6.07) is 20.6. The second kappa shape index (κ2) is 10.4. The molecule has 0 aliphatic heterocycles. The van der Waals surface area contributed by atoms with Crippen LogP contribution in [0.5, 0.6) is 5.75 Å². The van der Waals surface area contributed by atoms with E-state index in [4.69, 9.17) is 16.3 Å². The predicted molar refractivity (Wildman–Crippen MR) is 140 cm³/mol. The van der Waals surface area contributed by atoms with Crippen molar-refractivity contribution in [1.29, 1.82) is 0 Å². The predicted octanol–water partition coefficient (Wildman–Crippen LogP) is 6.28. The van der Waals surface area contributed by atoms with E-state index in [2.05, 4.69) is 31.3 Å². The van der Waals surface area contributed by atoms with Crippen LogP contribution in [0.3, 0.4) is 0 Å². The topological polar surface area (TPSA) is 60.3 Å². The fraction of sp³-hybridized carbons (Fsp3) is 0.241. The van der Waals surface area contributed by atoms with Gasteiger partial charge in [-0.25, -0.2) is 0 Å². The summed E-state index contributed by atoms with van der Waals surface area (Å²) in [4.78, 5) is 26.4. The standard InChI is InChI=1S/C29H29ClN2O3/c1-18(2)21-7-5-20(6-8-21)17-31-28(33)16-25-19(3)32(27-14-13-24(35-4)15-26(25)27)29(34)22-9-11-23(30)12-10-22/h5-15,18H,16-17H2,1-4H3,(H,31,33). The Morgan fingerprint density at radius 3 is 2.31 bits per heavy atom. The van der Waals surface area contributed by atoms with E-state index < -0.39 is 0 Å². The third-order valence-corrected chi connectivity index (χ3v) is 6.56. The molecule has 4 aromatic rings. The molecular weight excluding hydrogens is 460 g/mol. The first-order valence-corrected chi connectivity index (χ1v) is 12.0. The van der Waals surface area contributed by atoms with Crippen LogP contribution in [0.1, 0.15) is 52.5 Å². The number of hydrogen-bond acceptors (Lipinski definition) is 3. The summed E-state index contributed by atoms with van der Waals surface area (Å²) in [5.74, 6) is 0.847. The van der Waals surface area contributed by atoms with E-state index in [1.807, 2.05) is 37.3 Å². The maximum Gasteiger partial charge on any atom is 0.262 e. The van der Waals surface area contributed by atoms with Gasteiger partial charge in [0.05, 0.1) is 19.0 Å². The van der Waals surface area contributed by atoms with Crippen LogP contribution >= 0.6 is 11.6 Å². The highest BCUT2D eigenvalue weighted by atomic mass is 35.5. The molecule has 1 aromatic heterocycles. The van der Waals surface area contributed by atoms with Crippen molar-refractivity contribution in [2.45, 2.75) is 39.7 Å². The van der Waals surface area contributed by atoms with E-state index in [1.54, 1.807) is 35.9 Å². The summed E-state index contributed by atoms with van der Waals surface area (Å²) in [6.45, 7) is 6.62. The molecule has 4 rings (SSSR count). The molecule has 1 amide bonds. The molecule has 0 radical (unpaired) electrons. The van der Waals surface area contributed by atoms with Gasteiger partial charge in [-0.15, -0.1) is 0 Å². The van der Waals surface area contributed by atoms with Gasteiger partial charge in [-0.05, 0) is 72.0 Å². The van der Waals surface area contributed by atoms with Crippen molar-refractivity contribution in [2.24, 2.45) is 0 Å². The molecule has 0 unspecified atom stereocenters. The lowest BCUT2D eigenvalue weighted by molar-refractivity contribution is -0.120. The SMILES string of the molecule is COc1ccc2c(c1)c(CC(=O)NCc1ccc(C(C)C)cc1)c(C)n2C(=O)c1ccc(Cl)cc1. The fourth-order valence-electron chi connectivity index (χ4n) is 4.24. The van der Waals surface area contributed by atoms with Crippen LogP contribution in [0.4, 0.5) is 0 Å². The number of nitrogens with one attached hydrogen (secondary N) is 1. The third-order valence-electron chi connectivity index (χ3n) is 6.31. The first-order chi connectivity index (χ1) is 16.8. The molecule has 3 aromatic carbocycles. The van der Waals surface area contributed by atoms with Crippen LogP contribution in [-0.2, 0) is 17.8 Å². The Kier molecular flexibility index (Phi) is 7.27. The molecule has 5 nitrogen and oxygen atoms in total. The van der Waals surface area contributed by atoms with E-state index in [9.17, 15) is 9.59 Å². The summed E-state index contributed by atoms with van der Waals surface area (Å²) in [5, 5.41) is 4.40. The molecule has 0 atom stereocenters. The molecular formula is C29H29ClN2O3. The van der Waals surface area contributed by atoms with Crippen molar-refractivity contribution < 1.29 is 14.3 Å². The molecule has 0 bridgehead atoms. The largest absolute Gasteiger partial charge is 0.497 e. The number of rotatable bonds is 7. The van der Waals surface area contributed by atoms with Crippen LogP contribution in [0, 0.1) is 6.92 Å². The molecule has 1 heterocycles. The highest BCUT2D eigenvalue weighted by molar-refractivity contribution is 6.30. The number of carbonyl (C=O) groups excluding carboxylic acids is 2. The number of benzene rings is 3. The molecule has 180 valence electrons. The highest BCUT2D eigenvalue weighted by Gasteiger charge is 2.22. The molecule has 1 N–H and O–H groups in total. The van der Waals surface area contributed by atoms with Gasteiger partial charge in [0.15, 0.2) is 0 Å². The number of carbonyl (C=O) groups is 2. The number of aromatic nitrogens is 1. The van der Waals surface area contributed by atoms with Gasteiger partial charge in [-0.3, -0.25) is 14.2 Å². The molecule has 0 saturated carbocycles. The molecule has 0 fully saturated rings. The van der Waals surface area contributed by atoms with E-state index in [-0.39, 0.29) is 18.2 Å². The Balaban J connectivity index is 1.62. The lowest BCUT2D eigenvalue weighted by Crippen LogP contribution is -2.25. The Hall–Kier alpha value is -3.57. The average molecular weight is 489 g/mol. The number of ether oxygens (including phenoxy) is 1. The van der Waals surface area contributed by atoms with Crippen molar-refractivity contribution in [3.63, 3.8) is 0 Å². The summed E-state index contributed by atoms with van der Waals surface area (Å²) in [6.07, 6.45) is 0.153. The van der Waals surface area contributed by atoms with E-state index in [0.717, 1.165) is 27.7 Å². The van der Waals surface area contributed by atoms with Gasteiger partial charge in [-0.2, -0.15) is 0 Å². The molecule has 0 saturated heterocycles. The Bertz CT molecular complexity index is 1370. The summed E-state index contributed by atoms with van der Waals surface area (Å²) < 4.78 is 7.07. The third kappa shape index (κ3) is 5.25. The maximum absolute atomic E-state index is 13.4. The van der Waals surface area contributed by atoms with E-state index >= 15 is 0 Å². The van der Waals surface area contributed by atoms with Crippen LogP contribution in [0.15, 0.2) is 66.7 Å². The van der Waals surface area contributed by atoms with E-state index in [0.29, 0.717) is 28.8 Å². The van der Waals surface area contributed by atoms with Crippen molar-refractivity contribution in [3.8, 4) is 5.75 Å². The second-order valence-electron chi connectivity index (χ2n) is 8.94. The fourth-order valence-corrected chi connectivity index (χ4v) is 4.37. The number of nitrogens with zero attached hydrogens (tertiary/aromatic N) is 1. The Morgan fingerprint density at radius 2 is 1.69 bits per heavy atom. The zero-order valence-corrected chi connectivity index (χ0v) is 21.1. The normalized spacial score (nSPS) is 11.1.